The van der Waals surface area contributed by atoms with Crippen LogP contribution in [0.1, 0.15) is 22.8 Å². The van der Waals surface area contributed by atoms with Crippen molar-refractivity contribution in [3.8, 4) is 22.4 Å². The number of nitrogens with zero attached hydrogens (tertiary/aromatic N) is 2. The Balaban J connectivity index is 1.41. The van der Waals surface area contributed by atoms with E-state index in [1.165, 1.54) is 11.3 Å². The fraction of sp³-hybridized carbons (Fsp3) is 0.0417. The van der Waals surface area contributed by atoms with Gasteiger partial charge in [-0.25, -0.2) is 4.98 Å². The third-order valence-corrected chi connectivity index (χ3v) is 5.21. The zero-order valence-electron chi connectivity index (χ0n) is 15.9. The maximum atomic E-state index is 11.6. The molecule has 0 spiro atoms. The van der Waals surface area contributed by atoms with Crippen LogP contribution in [-0.2, 0) is 0 Å². The summed E-state index contributed by atoms with van der Waals surface area (Å²) in [5.41, 5.74) is 8.79. The van der Waals surface area contributed by atoms with Crippen LogP contribution in [0.2, 0.25) is 0 Å². The maximum Gasteiger partial charge on any atom is 0.203 e. The standard InChI is InChI=1S/C24H19N3OS/c1-17(28)21-8-5-9-22(14-21)19-12-10-18(11-13-19)15-25-27-24-26-23(16-29-24)20-6-3-2-4-7-20/h2-16H,1H3,(H,26,27). The topological polar surface area (TPSA) is 54.4 Å². The van der Waals surface area contributed by atoms with Gasteiger partial charge >= 0.3 is 0 Å². The van der Waals surface area contributed by atoms with Gasteiger partial charge in [-0.2, -0.15) is 5.10 Å². The molecule has 0 saturated carbocycles. The van der Waals surface area contributed by atoms with Gasteiger partial charge in [-0.15, -0.1) is 11.3 Å². The van der Waals surface area contributed by atoms with Crippen LogP contribution in [0.3, 0.4) is 0 Å². The Morgan fingerprint density at radius 2 is 1.69 bits per heavy atom. The number of hydrogen-bond acceptors (Lipinski definition) is 5. The molecule has 0 atom stereocenters. The summed E-state index contributed by atoms with van der Waals surface area (Å²) in [6.07, 6.45) is 1.76. The van der Waals surface area contributed by atoms with E-state index in [0.717, 1.165) is 38.6 Å². The second kappa shape index (κ2) is 8.63. The van der Waals surface area contributed by atoms with Crippen molar-refractivity contribution in [2.45, 2.75) is 6.92 Å². The lowest BCUT2D eigenvalue weighted by Crippen LogP contribution is -1.92. The Labute approximate surface area is 173 Å². The molecule has 4 aromatic rings. The van der Waals surface area contributed by atoms with Crippen LogP contribution < -0.4 is 5.43 Å². The molecule has 0 radical (unpaired) electrons. The van der Waals surface area contributed by atoms with Gasteiger partial charge in [0.15, 0.2) is 5.78 Å². The first-order valence-corrected chi connectivity index (χ1v) is 10.1. The highest BCUT2D eigenvalue weighted by Gasteiger charge is 2.04. The Hall–Kier alpha value is -3.57. The molecule has 0 fully saturated rings. The lowest BCUT2D eigenvalue weighted by molar-refractivity contribution is 0.101. The Morgan fingerprint density at radius 3 is 2.45 bits per heavy atom. The lowest BCUT2D eigenvalue weighted by atomic mass is 10.0. The minimum Gasteiger partial charge on any atom is -0.295 e. The Kier molecular flexibility index (Phi) is 5.59. The molecule has 142 valence electrons. The number of benzene rings is 3. The van der Waals surface area contributed by atoms with Gasteiger partial charge in [-0.1, -0.05) is 72.8 Å². The van der Waals surface area contributed by atoms with Crippen molar-refractivity contribution in [3.63, 3.8) is 0 Å². The quantitative estimate of drug-likeness (QED) is 0.242. The summed E-state index contributed by atoms with van der Waals surface area (Å²) < 4.78 is 0. The smallest absolute Gasteiger partial charge is 0.203 e. The average Bonchev–Trinajstić information content (AvgIpc) is 3.24. The number of aromatic nitrogens is 1. The molecular weight excluding hydrogens is 378 g/mol. The van der Waals surface area contributed by atoms with Crippen LogP contribution in [0.25, 0.3) is 22.4 Å². The maximum absolute atomic E-state index is 11.6. The van der Waals surface area contributed by atoms with E-state index in [9.17, 15) is 4.79 Å². The summed E-state index contributed by atoms with van der Waals surface area (Å²) in [6.45, 7) is 1.58. The summed E-state index contributed by atoms with van der Waals surface area (Å²) in [5.74, 6) is 0.0688. The van der Waals surface area contributed by atoms with Crippen LogP contribution in [0.4, 0.5) is 5.13 Å². The molecule has 0 aliphatic heterocycles. The fourth-order valence-electron chi connectivity index (χ4n) is 2.91. The first-order chi connectivity index (χ1) is 14.2. The SMILES string of the molecule is CC(=O)c1cccc(-c2ccc(C=NNc3nc(-c4ccccc4)cs3)cc2)c1. The number of carbonyl (C=O) groups excluding carboxylic acids is 1. The molecule has 0 aliphatic carbocycles. The zero-order chi connectivity index (χ0) is 20.1. The molecular formula is C24H19N3OS. The molecule has 4 nitrogen and oxygen atoms in total. The minimum absolute atomic E-state index is 0.0688. The highest BCUT2D eigenvalue weighted by atomic mass is 32.1. The van der Waals surface area contributed by atoms with Gasteiger partial charge in [0.25, 0.3) is 0 Å². The highest BCUT2D eigenvalue weighted by Crippen LogP contribution is 2.24. The molecule has 0 saturated heterocycles. The largest absolute Gasteiger partial charge is 0.295 e. The lowest BCUT2D eigenvalue weighted by Gasteiger charge is -2.04. The van der Waals surface area contributed by atoms with E-state index in [2.05, 4.69) is 15.5 Å². The first kappa shape index (κ1) is 18.8. The molecule has 0 bridgehead atoms. The predicted molar refractivity (Wildman–Crippen MR) is 121 cm³/mol. The number of rotatable bonds is 6. The summed E-state index contributed by atoms with van der Waals surface area (Å²) in [6, 6.07) is 25.8. The zero-order valence-corrected chi connectivity index (χ0v) is 16.7. The van der Waals surface area contributed by atoms with Crippen LogP contribution in [-0.4, -0.2) is 17.0 Å². The van der Waals surface area contributed by atoms with Crippen LogP contribution in [0.5, 0.6) is 0 Å². The van der Waals surface area contributed by atoms with Gasteiger partial charge in [-0.3, -0.25) is 10.2 Å². The van der Waals surface area contributed by atoms with Crippen molar-refractivity contribution < 1.29 is 4.79 Å². The van der Waals surface area contributed by atoms with E-state index in [4.69, 9.17) is 0 Å². The number of ketones is 1. The van der Waals surface area contributed by atoms with E-state index < -0.39 is 0 Å². The van der Waals surface area contributed by atoms with Gasteiger partial charge < -0.3 is 0 Å². The number of anilines is 1. The summed E-state index contributed by atoms with van der Waals surface area (Å²) in [7, 11) is 0. The van der Waals surface area contributed by atoms with Crippen molar-refractivity contribution >= 4 is 28.5 Å². The van der Waals surface area contributed by atoms with E-state index in [-0.39, 0.29) is 5.78 Å². The second-order valence-electron chi connectivity index (χ2n) is 6.53. The van der Waals surface area contributed by atoms with Crippen molar-refractivity contribution in [3.05, 3.63) is 95.4 Å². The van der Waals surface area contributed by atoms with Crippen molar-refractivity contribution in [1.29, 1.82) is 0 Å². The molecule has 5 heteroatoms. The minimum atomic E-state index is 0.0688. The summed E-state index contributed by atoms with van der Waals surface area (Å²) in [5, 5.41) is 7.05. The molecule has 0 unspecified atom stereocenters. The van der Waals surface area contributed by atoms with Crippen molar-refractivity contribution in [1.82, 2.24) is 4.98 Å². The van der Waals surface area contributed by atoms with Crippen LogP contribution in [0.15, 0.2) is 89.3 Å². The monoisotopic (exact) mass is 397 g/mol. The van der Waals surface area contributed by atoms with E-state index in [1.54, 1.807) is 13.1 Å². The summed E-state index contributed by atoms with van der Waals surface area (Å²) >= 11 is 1.52. The molecule has 1 heterocycles. The van der Waals surface area contributed by atoms with E-state index in [0.29, 0.717) is 0 Å². The molecule has 1 aromatic heterocycles. The molecule has 29 heavy (non-hydrogen) atoms. The van der Waals surface area contributed by atoms with Gasteiger partial charge in [0, 0.05) is 16.5 Å². The first-order valence-electron chi connectivity index (χ1n) is 9.20. The molecule has 0 amide bonds. The second-order valence-corrected chi connectivity index (χ2v) is 7.39. The number of hydrogen-bond donors (Lipinski definition) is 1. The van der Waals surface area contributed by atoms with Crippen molar-refractivity contribution in [2.24, 2.45) is 5.10 Å². The third-order valence-electron chi connectivity index (χ3n) is 4.46. The number of Topliss-reactive ketones (excluding diaryl/α,β-unsaturated/α-hetero) is 1. The number of carbonyl (C=O) groups is 1. The molecule has 0 aliphatic rings. The van der Waals surface area contributed by atoms with Crippen LogP contribution in [0, 0.1) is 0 Å². The third kappa shape index (κ3) is 4.65. The summed E-state index contributed by atoms with van der Waals surface area (Å²) in [4.78, 5) is 16.1. The highest BCUT2D eigenvalue weighted by molar-refractivity contribution is 7.14. The van der Waals surface area contributed by atoms with Crippen LogP contribution >= 0.6 is 11.3 Å². The van der Waals surface area contributed by atoms with Gasteiger partial charge in [0.05, 0.1) is 11.9 Å². The number of hydrazone groups is 1. The van der Waals surface area contributed by atoms with Gasteiger partial charge in [0.1, 0.15) is 0 Å². The number of thiazole rings is 1. The Bertz CT molecular complexity index is 1150. The number of nitrogens with one attached hydrogen (secondary N) is 1. The van der Waals surface area contributed by atoms with Gasteiger partial charge in [-0.05, 0) is 29.7 Å². The predicted octanol–water partition coefficient (Wildman–Crippen LogP) is 6.13. The average molecular weight is 398 g/mol. The van der Waals surface area contributed by atoms with E-state index >= 15 is 0 Å². The molecule has 4 rings (SSSR count). The normalized spacial score (nSPS) is 10.9. The van der Waals surface area contributed by atoms with E-state index in [1.807, 2.05) is 84.2 Å². The fourth-order valence-corrected chi connectivity index (χ4v) is 3.58. The molecule has 1 N–H and O–H groups in total. The van der Waals surface area contributed by atoms with Gasteiger partial charge in [0.2, 0.25) is 5.13 Å². The van der Waals surface area contributed by atoms with Crippen molar-refractivity contribution in [2.75, 3.05) is 5.43 Å². The molecule has 3 aromatic carbocycles. The Morgan fingerprint density at radius 1 is 0.931 bits per heavy atom.